The smallest absolute Gasteiger partial charge is 0.222 e. The number of hydrogen-bond acceptors (Lipinski definition) is 2. The molecule has 3 nitrogen and oxygen atoms in total. The van der Waals surface area contributed by atoms with Crippen LogP contribution < -0.4 is 0 Å². The van der Waals surface area contributed by atoms with Crippen molar-refractivity contribution in [3.8, 4) is 0 Å². The fourth-order valence-corrected chi connectivity index (χ4v) is 2.35. The predicted molar refractivity (Wildman–Crippen MR) is 72.8 cm³/mol. The third kappa shape index (κ3) is 1.97. The Labute approximate surface area is 110 Å². The van der Waals surface area contributed by atoms with Crippen molar-refractivity contribution >= 4 is 22.5 Å². The van der Waals surface area contributed by atoms with Crippen molar-refractivity contribution in [2.24, 2.45) is 7.05 Å². The molecule has 0 unspecified atom stereocenters. The number of halogens is 1. The maximum atomic E-state index is 5.81. The first-order valence-corrected chi connectivity index (χ1v) is 6.12. The van der Waals surface area contributed by atoms with Gasteiger partial charge in [0.2, 0.25) is 5.28 Å². The molecule has 0 amide bonds. The van der Waals surface area contributed by atoms with Gasteiger partial charge in [0.1, 0.15) is 0 Å². The van der Waals surface area contributed by atoms with E-state index in [2.05, 4.69) is 45.0 Å². The first-order chi connectivity index (χ1) is 8.74. The first kappa shape index (κ1) is 11.2. The molecule has 0 aliphatic carbocycles. The van der Waals surface area contributed by atoms with Crippen molar-refractivity contribution in [1.82, 2.24) is 14.5 Å². The average Bonchev–Trinajstić information content (AvgIpc) is 2.73. The van der Waals surface area contributed by atoms with Gasteiger partial charge in [-0.05, 0) is 35.4 Å². The van der Waals surface area contributed by atoms with Gasteiger partial charge in [-0.15, -0.1) is 0 Å². The molecule has 0 spiro atoms. The lowest BCUT2D eigenvalue weighted by Crippen LogP contribution is -1.94. The summed E-state index contributed by atoms with van der Waals surface area (Å²) < 4.78 is 2.12. The largest absolute Gasteiger partial charge is 0.351 e. The van der Waals surface area contributed by atoms with Crippen LogP contribution in [0.3, 0.4) is 0 Å². The van der Waals surface area contributed by atoms with Crippen molar-refractivity contribution in [1.29, 1.82) is 0 Å². The molecule has 2 aromatic heterocycles. The van der Waals surface area contributed by atoms with Crippen molar-refractivity contribution in [2.45, 2.75) is 6.42 Å². The van der Waals surface area contributed by atoms with Crippen LogP contribution in [0.2, 0.25) is 5.28 Å². The van der Waals surface area contributed by atoms with E-state index in [1.807, 2.05) is 13.1 Å². The monoisotopic (exact) mass is 257 g/mol. The van der Waals surface area contributed by atoms with Crippen molar-refractivity contribution in [3.05, 3.63) is 59.3 Å². The van der Waals surface area contributed by atoms with Crippen molar-refractivity contribution < 1.29 is 0 Å². The Kier molecular flexibility index (Phi) is 2.76. The highest BCUT2D eigenvalue weighted by molar-refractivity contribution is 6.28. The van der Waals surface area contributed by atoms with Crippen LogP contribution in [-0.2, 0) is 13.5 Å². The van der Waals surface area contributed by atoms with Gasteiger partial charge >= 0.3 is 0 Å². The summed E-state index contributed by atoms with van der Waals surface area (Å²) in [6.07, 6.45) is 4.53. The summed E-state index contributed by atoms with van der Waals surface area (Å²) in [5.74, 6) is 0. The van der Waals surface area contributed by atoms with Crippen LogP contribution in [0.25, 0.3) is 10.9 Å². The zero-order valence-electron chi connectivity index (χ0n) is 9.97. The second-order valence-corrected chi connectivity index (χ2v) is 4.61. The molecule has 3 rings (SSSR count). The standard InChI is InChI=1S/C14H12ClN3/c1-18-8-6-12-10(3-2-4-13(12)18)9-11-5-7-16-14(15)17-11/h2-8H,9H2,1H3. The second-order valence-electron chi connectivity index (χ2n) is 4.27. The fourth-order valence-electron chi connectivity index (χ4n) is 2.18. The molecule has 0 saturated carbocycles. The maximum absolute atomic E-state index is 5.81. The van der Waals surface area contributed by atoms with Gasteiger partial charge in [-0.3, -0.25) is 0 Å². The summed E-state index contributed by atoms with van der Waals surface area (Å²) in [6, 6.07) is 10.3. The molecule has 4 heteroatoms. The third-order valence-corrected chi connectivity index (χ3v) is 3.26. The van der Waals surface area contributed by atoms with E-state index >= 15 is 0 Å². The van der Waals surface area contributed by atoms with Gasteiger partial charge in [-0.1, -0.05) is 12.1 Å². The molecule has 1 aromatic carbocycles. The van der Waals surface area contributed by atoms with E-state index in [9.17, 15) is 0 Å². The van der Waals surface area contributed by atoms with E-state index in [0.29, 0.717) is 5.28 Å². The maximum Gasteiger partial charge on any atom is 0.222 e. The van der Waals surface area contributed by atoms with Gasteiger partial charge in [0.05, 0.1) is 0 Å². The quantitative estimate of drug-likeness (QED) is 0.660. The van der Waals surface area contributed by atoms with E-state index in [1.54, 1.807) is 6.20 Å². The first-order valence-electron chi connectivity index (χ1n) is 5.74. The van der Waals surface area contributed by atoms with Crippen LogP contribution in [0.1, 0.15) is 11.3 Å². The Morgan fingerprint density at radius 3 is 2.94 bits per heavy atom. The SMILES string of the molecule is Cn1ccc2c(Cc3ccnc(Cl)n3)cccc21. The highest BCUT2D eigenvalue weighted by Crippen LogP contribution is 2.21. The Morgan fingerprint density at radius 1 is 1.22 bits per heavy atom. The van der Waals surface area contributed by atoms with E-state index in [4.69, 9.17) is 11.6 Å². The van der Waals surface area contributed by atoms with Gasteiger partial charge in [-0.2, -0.15) is 0 Å². The summed E-state index contributed by atoms with van der Waals surface area (Å²) in [7, 11) is 2.05. The van der Waals surface area contributed by atoms with Gasteiger partial charge in [-0.25, -0.2) is 9.97 Å². The Balaban J connectivity index is 2.05. The van der Waals surface area contributed by atoms with E-state index in [-0.39, 0.29) is 0 Å². The molecule has 0 bridgehead atoms. The highest BCUT2D eigenvalue weighted by Gasteiger charge is 2.05. The Bertz CT molecular complexity index is 703. The molecular formula is C14H12ClN3. The normalized spacial score (nSPS) is 11.0. The molecule has 0 aliphatic rings. The lowest BCUT2D eigenvalue weighted by Gasteiger charge is -2.04. The van der Waals surface area contributed by atoms with Crippen LogP contribution in [0.15, 0.2) is 42.7 Å². The molecule has 0 aliphatic heterocycles. The highest BCUT2D eigenvalue weighted by atomic mass is 35.5. The zero-order chi connectivity index (χ0) is 12.5. The topological polar surface area (TPSA) is 30.7 Å². The number of benzene rings is 1. The second kappa shape index (κ2) is 4.42. The molecule has 0 N–H and O–H groups in total. The number of nitrogens with zero attached hydrogens (tertiary/aromatic N) is 3. The van der Waals surface area contributed by atoms with Gasteiger partial charge < -0.3 is 4.57 Å². The van der Waals surface area contributed by atoms with Crippen LogP contribution in [-0.4, -0.2) is 14.5 Å². The number of aryl methyl sites for hydroxylation is 1. The molecule has 0 fully saturated rings. The summed E-state index contributed by atoms with van der Waals surface area (Å²) >= 11 is 5.81. The molecule has 2 heterocycles. The summed E-state index contributed by atoms with van der Waals surface area (Å²) in [5.41, 5.74) is 3.42. The van der Waals surface area contributed by atoms with Gasteiger partial charge in [0, 0.05) is 42.5 Å². The minimum absolute atomic E-state index is 0.299. The minimum atomic E-state index is 0.299. The predicted octanol–water partition coefficient (Wildman–Crippen LogP) is 3.21. The van der Waals surface area contributed by atoms with Gasteiger partial charge in [0.25, 0.3) is 0 Å². The van der Waals surface area contributed by atoms with Crippen LogP contribution in [0, 0.1) is 0 Å². The number of aromatic nitrogens is 3. The van der Waals surface area contributed by atoms with E-state index in [0.717, 1.165) is 12.1 Å². The van der Waals surface area contributed by atoms with Crippen molar-refractivity contribution in [3.63, 3.8) is 0 Å². The van der Waals surface area contributed by atoms with Crippen molar-refractivity contribution in [2.75, 3.05) is 0 Å². The Morgan fingerprint density at radius 2 is 2.11 bits per heavy atom. The van der Waals surface area contributed by atoms with Crippen LogP contribution >= 0.6 is 11.6 Å². The number of hydrogen-bond donors (Lipinski definition) is 0. The number of rotatable bonds is 2. The lowest BCUT2D eigenvalue weighted by atomic mass is 10.1. The molecule has 18 heavy (non-hydrogen) atoms. The van der Waals surface area contributed by atoms with E-state index in [1.165, 1.54) is 16.5 Å². The molecule has 0 radical (unpaired) electrons. The zero-order valence-corrected chi connectivity index (χ0v) is 10.7. The summed E-state index contributed by atoms with van der Waals surface area (Å²) in [5, 5.41) is 1.56. The average molecular weight is 258 g/mol. The van der Waals surface area contributed by atoms with Gasteiger partial charge in [0.15, 0.2) is 0 Å². The molecule has 90 valence electrons. The molecule has 0 atom stereocenters. The van der Waals surface area contributed by atoms with Crippen LogP contribution in [0.4, 0.5) is 0 Å². The lowest BCUT2D eigenvalue weighted by molar-refractivity contribution is 0.968. The Hall–Kier alpha value is -1.87. The minimum Gasteiger partial charge on any atom is -0.351 e. The molecule has 0 saturated heterocycles. The fraction of sp³-hybridized carbons (Fsp3) is 0.143. The number of fused-ring (bicyclic) bond motifs is 1. The summed E-state index contributed by atoms with van der Waals surface area (Å²) in [4.78, 5) is 8.13. The molecular weight excluding hydrogens is 246 g/mol. The summed E-state index contributed by atoms with van der Waals surface area (Å²) in [6.45, 7) is 0. The molecule has 3 aromatic rings. The van der Waals surface area contributed by atoms with E-state index < -0.39 is 0 Å². The third-order valence-electron chi connectivity index (χ3n) is 3.07. The van der Waals surface area contributed by atoms with Crippen LogP contribution in [0.5, 0.6) is 0 Å².